The van der Waals surface area contributed by atoms with Gasteiger partial charge in [0.2, 0.25) is 5.91 Å². The van der Waals surface area contributed by atoms with E-state index in [0.29, 0.717) is 38.3 Å². The molecule has 1 aliphatic heterocycles. The molecule has 0 aromatic heterocycles. The third kappa shape index (κ3) is 2.91. The zero-order valence-electron chi connectivity index (χ0n) is 11.6. The molecule has 2 fully saturated rings. The highest BCUT2D eigenvalue weighted by atomic mass is 16.4. The predicted octanol–water partition coefficient (Wildman–Crippen LogP) is 1.11. The molecule has 2 unspecified atom stereocenters. The van der Waals surface area contributed by atoms with E-state index in [9.17, 15) is 19.8 Å². The average Bonchev–Trinajstić information content (AvgIpc) is 2.91. The lowest BCUT2D eigenvalue weighted by molar-refractivity contribution is -0.149. The number of carboxylic acid groups (broad SMARTS) is 1. The number of hydrogen-bond acceptors (Lipinski definition) is 3. The van der Waals surface area contributed by atoms with Gasteiger partial charge in [0.15, 0.2) is 0 Å². The van der Waals surface area contributed by atoms with Crippen molar-refractivity contribution < 1.29 is 19.8 Å². The largest absolute Gasteiger partial charge is 0.481 e. The lowest BCUT2D eigenvalue weighted by Crippen LogP contribution is -2.40. The minimum atomic E-state index is -0.861. The summed E-state index contributed by atoms with van der Waals surface area (Å²) in [5, 5.41) is 19.2. The number of amides is 1. The molecule has 2 N–H and O–H groups in total. The normalized spacial score (nSPS) is 38.7. The molecule has 1 amide bonds. The lowest BCUT2D eigenvalue weighted by Gasteiger charge is -2.24. The van der Waals surface area contributed by atoms with Crippen LogP contribution >= 0.6 is 0 Å². The number of aliphatic carboxylic acids is 1. The molecule has 2 rings (SSSR count). The number of carbonyl (C=O) groups is 2. The van der Waals surface area contributed by atoms with E-state index in [2.05, 4.69) is 0 Å². The van der Waals surface area contributed by atoms with Gasteiger partial charge in [-0.1, -0.05) is 13.3 Å². The van der Waals surface area contributed by atoms with Gasteiger partial charge in [0.25, 0.3) is 0 Å². The molecule has 0 aromatic carbocycles. The molecule has 0 spiro atoms. The number of hydrogen-bond donors (Lipinski definition) is 2. The monoisotopic (exact) mass is 269 g/mol. The fraction of sp³-hybridized carbons (Fsp3) is 0.857. The summed E-state index contributed by atoms with van der Waals surface area (Å²) in [6.45, 7) is 4.62. The average molecular weight is 269 g/mol. The highest BCUT2D eigenvalue weighted by Gasteiger charge is 2.45. The Hall–Kier alpha value is -1.10. The molecule has 1 heterocycles. The van der Waals surface area contributed by atoms with Crippen LogP contribution in [0.1, 0.15) is 39.5 Å². The van der Waals surface area contributed by atoms with Crippen molar-refractivity contribution in [2.45, 2.75) is 45.1 Å². The maximum Gasteiger partial charge on any atom is 0.307 e. The Labute approximate surface area is 113 Å². The molecule has 108 valence electrons. The summed E-state index contributed by atoms with van der Waals surface area (Å²) in [5.74, 6) is -1.57. The Morgan fingerprint density at radius 2 is 1.95 bits per heavy atom. The number of rotatable bonds is 3. The first-order valence-electron chi connectivity index (χ1n) is 7.08. The van der Waals surface area contributed by atoms with E-state index in [-0.39, 0.29) is 5.91 Å². The van der Waals surface area contributed by atoms with Crippen molar-refractivity contribution >= 4 is 11.9 Å². The molecule has 0 bridgehead atoms. The quantitative estimate of drug-likeness (QED) is 0.804. The summed E-state index contributed by atoms with van der Waals surface area (Å²) in [4.78, 5) is 25.4. The van der Waals surface area contributed by atoms with Gasteiger partial charge in [0.1, 0.15) is 0 Å². The first kappa shape index (κ1) is 14.3. The van der Waals surface area contributed by atoms with Gasteiger partial charge in [0.05, 0.1) is 17.4 Å². The van der Waals surface area contributed by atoms with Gasteiger partial charge < -0.3 is 15.1 Å². The van der Waals surface area contributed by atoms with E-state index < -0.39 is 23.4 Å². The van der Waals surface area contributed by atoms with Crippen molar-refractivity contribution in [2.24, 2.45) is 17.8 Å². The van der Waals surface area contributed by atoms with Crippen LogP contribution in [0, 0.1) is 17.8 Å². The summed E-state index contributed by atoms with van der Waals surface area (Å²) < 4.78 is 0. The fourth-order valence-corrected chi connectivity index (χ4v) is 3.39. The van der Waals surface area contributed by atoms with Gasteiger partial charge in [-0.25, -0.2) is 0 Å². The highest BCUT2D eigenvalue weighted by Crippen LogP contribution is 2.40. The molecule has 1 saturated carbocycles. The third-order valence-corrected chi connectivity index (χ3v) is 4.64. The van der Waals surface area contributed by atoms with Crippen molar-refractivity contribution in [2.75, 3.05) is 13.1 Å². The van der Waals surface area contributed by atoms with Crippen LogP contribution in [0.25, 0.3) is 0 Å². The number of likely N-dealkylation sites (tertiary alicyclic amines) is 1. The van der Waals surface area contributed by atoms with Gasteiger partial charge in [-0.3, -0.25) is 9.59 Å². The maximum atomic E-state index is 12.5. The fourth-order valence-electron chi connectivity index (χ4n) is 3.39. The zero-order valence-corrected chi connectivity index (χ0v) is 11.6. The summed E-state index contributed by atoms with van der Waals surface area (Å²) in [6, 6.07) is 0. The van der Waals surface area contributed by atoms with Crippen LogP contribution in [0.2, 0.25) is 0 Å². The second kappa shape index (κ2) is 5.12. The number of β-amino-alcohol motifs (C(OH)–C–C–N with tert-alkyl or cyclic N) is 1. The van der Waals surface area contributed by atoms with Gasteiger partial charge in [0, 0.05) is 13.1 Å². The van der Waals surface area contributed by atoms with Gasteiger partial charge in [-0.05, 0) is 32.1 Å². The molecular formula is C14H23NO4. The molecule has 0 aromatic rings. The van der Waals surface area contributed by atoms with Crippen LogP contribution < -0.4 is 0 Å². The second-order valence-corrected chi connectivity index (χ2v) is 6.30. The van der Waals surface area contributed by atoms with Crippen LogP contribution in [0.5, 0.6) is 0 Å². The third-order valence-electron chi connectivity index (χ3n) is 4.64. The van der Waals surface area contributed by atoms with Crippen LogP contribution in [-0.2, 0) is 9.59 Å². The van der Waals surface area contributed by atoms with E-state index in [1.54, 1.807) is 11.8 Å². The predicted molar refractivity (Wildman–Crippen MR) is 69.5 cm³/mol. The second-order valence-electron chi connectivity index (χ2n) is 6.30. The smallest absolute Gasteiger partial charge is 0.307 e. The van der Waals surface area contributed by atoms with E-state index >= 15 is 0 Å². The standard InChI is InChI=1S/C14H23NO4/c1-3-9-6-10(11(7-9)13(17)18)12(16)15-5-4-14(2,19)8-15/h9-11,19H,3-8H2,1-2H3,(H,17,18)/t9?,10-,11+,14?/m0/s1. The molecule has 1 saturated heterocycles. The van der Waals surface area contributed by atoms with Crippen LogP contribution in [-0.4, -0.2) is 45.7 Å². The summed E-state index contributed by atoms with van der Waals surface area (Å²) in [5.41, 5.74) is -0.822. The SMILES string of the molecule is CCC1C[C@H](C(=O)N2CCC(C)(O)C2)[C@H](C(=O)O)C1. The number of carboxylic acids is 1. The Morgan fingerprint density at radius 3 is 2.42 bits per heavy atom. The van der Waals surface area contributed by atoms with Crippen LogP contribution in [0.4, 0.5) is 0 Å². The summed E-state index contributed by atoms with van der Waals surface area (Å²) in [7, 11) is 0. The molecule has 4 atom stereocenters. The minimum absolute atomic E-state index is 0.0823. The van der Waals surface area contributed by atoms with Crippen LogP contribution in [0.3, 0.4) is 0 Å². The van der Waals surface area contributed by atoms with E-state index in [0.717, 1.165) is 6.42 Å². The Morgan fingerprint density at radius 1 is 1.32 bits per heavy atom. The number of carbonyl (C=O) groups excluding carboxylic acids is 1. The van der Waals surface area contributed by atoms with E-state index in [1.807, 2.05) is 6.92 Å². The van der Waals surface area contributed by atoms with Gasteiger partial charge in [-0.15, -0.1) is 0 Å². The first-order valence-corrected chi connectivity index (χ1v) is 7.08. The van der Waals surface area contributed by atoms with Crippen molar-refractivity contribution in [3.8, 4) is 0 Å². The highest BCUT2D eigenvalue weighted by molar-refractivity contribution is 5.85. The Balaban J connectivity index is 2.07. The van der Waals surface area contributed by atoms with Crippen molar-refractivity contribution in [1.82, 2.24) is 4.90 Å². The maximum absolute atomic E-state index is 12.5. The van der Waals surface area contributed by atoms with Crippen molar-refractivity contribution in [1.29, 1.82) is 0 Å². The molecule has 5 nitrogen and oxygen atoms in total. The number of nitrogens with zero attached hydrogens (tertiary/aromatic N) is 1. The lowest BCUT2D eigenvalue weighted by atomic mass is 9.95. The van der Waals surface area contributed by atoms with Crippen molar-refractivity contribution in [3.63, 3.8) is 0 Å². The first-order chi connectivity index (χ1) is 8.84. The topological polar surface area (TPSA) is 77.8 Å². The van der Waals surface area contributed by atoms with Gasteiger partial charge >= 0.3 is 5.97 Å². The Bertz CT molecular complexity index is 380. The molecular weight excluding hydrogens is 246 g/mol. The molecule has 19 heavy (non-hydrogen) atoms. The van der Waals surface area contributed by atoms with Gasteiger partial charge in [-0.2, -0.15) is 0 Å². The van der Waals surface area contributed by atoms with Crippen LogP contribution in [0.15, 0.2) is 0 Å². The number of aliphatic hydroxyl groups is 1. The Kier molecular flexibility index (Phi) is 3.85. The van der Waals surface area contributed by atoms with E-state index in [4.69, 9.17) is 0 Å². The molecule has 1 aliphatic carbocycles. The zero-order chi connectivity index (χ0) is 14.2. The summed E-state index contributed by atoms with van der Waals surface area (Å²) in [6.07, 6.45) is 2.77. The minimum Gasteiger partial charge on any atom is -0.481 e. The van der Waals surface area contributed by atoms with E-state index in [1.165, 1.54) is 0 Å². The van der Waals surface area contributed by atoms with Crippen molar-refractivity contribution in [3.05, 3.63) is 0 Å². The molecule has 2 aliphatic rings. The molecule has 0 radical (unpaired) electrons. The molecule has 5 heteroatoms. The summed E-state index contributed by atoms with van der Waals surface area (Å²) >= 11 is 0.